The van der Waals surface area contributed by atoms with E-state index >= 15 is 0 Å². The molecule has 134 valence electrons. The zero-order chi connectivity index (χ0) is 19.2. The Kier molecular flexibility index (Phi) is 3.82. The van der Waals surface area contributed by atoms with Crippen molar-refractivity contribution in [2.24, 2.45) is 0 Å². The number of ether oxygens (including phenoxy) is 2. The average Bonchev–Trinajstić information content (AvgIpc) is 3.02. The molecule has 27 heavy (non-hydrogen) atoms. The van der Waals surface area contributed by atoms with Crippen molar-refractivity contribution in [2.45, 2.75) is 19.4 Å². The summed E-state index contributed by atoms with van der Waals surface area (Å²) in [6.07, 6.45) is 1.83. The highest BCUT2D eigenvalue weighted by Gasteiger charge is 2.29. The van der Waals surface area contributed by atoms with Crippen molar-refractivity contribution in [1.29, 1.82) is 5.26 Å². The van der Waals surface area contributed by atoms with Gasteiger partial charge in [0.2, 0.25) is 5.88 Å². The fraction of sp³-hybridized carbons (Fsp3) is 0.158. The van der Waals surface area contributed by atoms with E-state index in [2.05, 4.69) is 10.4 Å². The van der Waals surface area contributed by atoms with E-state index in [1.807, 2.05) is 19.9 Å². The molecule has 0 radical (unpaired) electrons. The molecule has 2 aromatic carbocycles. The predicted octanol–water partition coefficient (Wildman–Crippen LogP) is 4.67. The summed E-state index contributed by atoms with van der Waals surface area (Å²) in [5.41, 5.74) is 0.566. The Labute approximate surface area is 158 Å². The second-order valence-electron chi connectivity index (χ2n) is 6.56. The minimum absolute atomic E-state index is 0.00752. The van der Waals surface area contributed by atoms with Crippen molar-refractivity contribution < 1.29 is 14.4 Å². The second-order valence-corrected chi connectivity index (χ2v) is 7.37. The van der Waals surface area contributed by atoms with Crippen LogP contribution in [0.3, 0.4) is 0 Å². The third-order valence-electron chi connectivity index (χ3n) is 4.07. The average molecular weight is 379 g/mol. The third kappa shape index (κ3) is 3.09. The molecular formula is C19H13N3O4S. The molecule has 0 unspecified atom stereocenters. The number of nitro groups is 1. The molecule has 0 amide bonds. The molecule has 1 aromatic heterocycles. The molecule has 0 saturated carbocycles. The fourth-order valence-electron chi connectivity index (χ4n) is 2.87. The summed E-state index contributed by atoms with van der Waals surface area (Å²) in [4.78, 5) is 10.5. The van der Waals surface area contributed by atoms with Gasteiger partial charge in [-0.05, 0) is 49.6 Å². The molecule has 4 rings (SSSR count). The fourth-order valence-corrected chi connectivity index (χ4v) is 3.61. The highest BCUT2D eigenvalue weighted by molar-refractivity contribution is 7.13. The Balaban J connectivity index is 1.78. The summed E-state index contributed by atoms with van der Waals surface area (Å²) in [6.45, 7) is 3.81. The zero-order valence-electron chi connectivity index (χ0n) is 14.4. The van der Waals surface area contributed by atoms with Gasteiger partial charge in [-0.25, -0.2) is 0 Å². The van der Waals surface area contributed by atoms with E-state index < -0.39 is 10.5 Å². The first kappa shape index (κ1) is 17.0. The Morgan fingerprint density at radius 2 is 2.11 bits per heavy atom. The summed E-state index contributed by atoms with van der Waals surface area (Å²) >= 11 is 1.13. The largest absolute Gasteiger partial charge is 0.483 e. The van der Waals surface area contributed by atoms with E-state index in [0.29, 0.717) is 38.6 Å². The van der Waals surface area contributed by atoms with Crippen molar-refractivity contribution in [3.8, 4) is 17.7 Å². The van der Waals surface area contributed by atoms with Gasteiger partial charge < -0.3 is 9.47 Å². The van der Waals surface area contributed by atoms with Gasteiger partial charge in [0, 0.05) is 18.2 Å². The van der Waals surface area contributed by atoms with Crippen LogP contribution in [0.2, 0.25) is 0 Å². The van der Waals surface area contributed by atoms with Gasteiger partial charge in [0.1, 0.15) is 17.1 Å². The van der Waals surface area contributed by atoms with Gasteiger partial charge in [0.15, 0.2) is 0 Å². The molecule has 0 atom stereocenters. The van der Waals surface area contributed by atoms with Crippen LogP contribution in [0, 0.1) is 21.4 Å². The Morgan fingerprint density at radius 1 is 1.30 bits per heavy atom. The first-order valence-electron chi connectivity index (χ1n) is 8.04. The van der Waals surface area contributed by atoms with Crippen LogP contribution in [0.4, 0.5) is 5.69 Å². The van der Waals surface area contributed by atoms with Gasteiger partial charge in [-0.1, -0.05) is 0 Å². The lowest BCUT2D eigenvalue weighted by Crippen LogP contribution is -2.29. The monoisotopic (exact) mass is 379 g/mol. The number of nitro benzene ring substituents is 1. The number of benzene rings is 2. The molecule has 7 nitrogen and oxygen atoms in total. The molecule has 0 bridgehead atoms. The maximum Gasteiger partial charge on any atom is 0.270 e. The summed E-state index contributed by atoms with van der Waals surface area (Å²) in [7, 11) is 0. The Bertz CT molecular complexity index is 1160. The molecule has 2 heterocycles. The minimum atomic E-state index is -0.596. The van der Waals surface area contributed by atoms with Crippen LogP contribution >= 0.6 is 11.5 Å². The molecule has 3 aromatic rings. The number of aromatic nitrogens is 1. The maximum atomic E-state index is 10.9. The molecule has 0 spiro atoms. The summed E-state index contributed by atoms with van der Waals surface area (Å²) < 4.78 is 17.0. The number of fused-ring (bicyclic) bond motifs is 2. The zero-order valence-corrected chi connectivity index (χ0v) is 15.2. The first-order valence-corrected chi connectivity index (χ1v) is 8.82. The smallest absolute Gasteiger partial charge is 0.270 e. The van der Waals surface area contributed by atoms with E-state index in [0.717, 1.165) is 11.5 Å². The number of hydrogen-bond acceptors (Lipinski definition) is 7. The SMILES string of the molecule is CC1(C)C=C(Oc2nsc3cc([N+](=O)[O-])ccc23)c2cc(C#N)ccc2O1. The predicted molar refractivity (Wildman–Crippen MR) is 101 cm³/mol. The van der Waals surface area contributed by atoms with E-state index in [1.54, 1.807) is 24.3 Å². The molecule has 1 aliphatic heterocycles. The van der Waals surface area contributed by atoms with E-state index in [-0.39, 0.29) is 5.69 Å². The Morgan fingerprint density at radius 3 is 2.85 bits per heavy atom. The van der Waals surface area contributed by atoms with Crippen LogP contribution in [0.15, 0.2) is 42.5 Å². The van der Waals surface area contributed by atoms with Crippen LogP contribution < -0.4 is 9.47 Å². The van der Waals surface area contributed by atoms with Crippen molar-refractivity contribution in [1.82, 2.24) is 4.37 Å². The lowest BCUT2D eigenvalue weighted by Gasteiger charge is -2.30. The van der Waals surface area contributed by atoms with Crippen LogP contribution in [0.5, 0.6) is 11.6 Å². The van der Waals surface area contributed by atoms with Crippen LogP contribution in [-0.4, -0.2) is 14.9 Å². The van der Waals surface area contributed by atoms with E-state index in [1.165, 1.54) is 12.1 Å². The van der Waals surface area contributed by atoms with Gasteiger partial charge >= 0.3 is 0 Å². The standard InChI is InChI=1S/C19H13N3O4S/c1-19(2)9-16(14-7-11(10-20)3-6-15(14)26-19)25-18-13-5-4-12(22(23)24)8-17(13)27-21-18/h3-9H,1-2H3. The van der Waals surface area contributed by atoms with Gasteiger partial charge in [-0.3, -0.25) is 10.1 Å². The topological polar surface area (TPSA) is 98.3 Å². The summed E-state index contributed by atoms with van der Waals surface area (Å²) in [5, 5.41) is 20.8. The highest BCUT2D eigenvalue weighted by Crippen LogP contribution is 2.40. The highest BCUT2D eigenvalue weighted by atomic mass is 32.1. The Hall–Kier alpha value is -3.44. The lowest BCUT2D eigenvalue weighted by atomic mass is 9.99. The van der Waals surface area contributed by atoms with Gasteiger partial charge in [0.05, 0.1) is 32.2 Å². The van der Waals surface area contributed by atoms with Crippen LogP contribution in [0.1, 0.15) is 25.0 Å². The maximum absolute atomic E-state index is 10.9. The minimum Gasteiger partial charge on any atom is -0.483 e. The molecule has 0 saturated heterocycles. The number of non-ortho nitro benzene ring substituents is 1. The summed E-state index contributed by atoms with van der Waals surface area (Å²) in [6, 6.07) is 11.8. The quantitative estimate of drug-likeness (QED) is 0.484. The number of nitriles is 1. The molecule has 1 aliphatic rings. The first-order chi connectivity index (χ1) is 12.9. The molecule has 0 aliphatic carbocycles. The van der Waals surface area contributed by atoms with Crippen molar-refractivity contribution in [2.75, 3.05) is 0 Å². The third-order valence-corrected chi connectivity index (χ3v) is 4.86. The van der Waals surface area contributed by atoms with Crippen molar-refractivity contribution in [3.63, 3.8) is 0 Å². The van der Waals surface area contributed by atoms with Crippen LogP contribution in [0.25, 0.3) is 15.8 Å². The summed E-state index contributed by atoms with van der Waals surface area (Å²) in [5.74, 6) is 1.51. The second kappa shape index (κ2) is 6.07. The normalized spacial score (nSPS) is 14.6. The van der Waals surface area contributed by atoms with Gasteiger partial charge in [-0.2, -0.15) is 9.64 Å². The molecule has 8 heteroatoms. The molecule has 0 N–H and O–H groups in total. The van der Waals surface area contributed by atoms with Crippen LogP contribution in [-0.2, 0) is 0 Å². The number of nitrogens with zero attached hydrogens (tertiary/aromatic N) is 3. The van der Waals surface area contributed by atoms with Gasteiger partial charge in [0.25, 0.3) is 5.69 Å². The van der Waals surface area contributed by atoms with E-state index in [4.69, 9.17) is 9.47 Å². The molecular weight excluding hydrogens is 366 g/mol. The number of hydrogen-bond donors (Lipinski definition) is 0. The van der Waals surface area contributed by atoms with E-state index in [9.17, 15) is 15.4 Å². The van der Waals surface area contributed by atoms with Gasteiger partial charge in [-0.15, -0.1) is 0 Å². The number of rotatable bonds is 3. The lowest BCUT2D eigenvalue weighted by molar-refractivity contribution is -0.384. The molecule has 0 fully saturated rings. The van der Waals surface area contributed by atoms with Crippen molar-refractivity contribution in [3.05, 3.63) is 63.7 Å². The van der Waals surface area contributed by atoms with Crippen molar-refractivity contribution >= 4 is 33.1 Å².